The topological polar surface area (TPSA) is 15.3 Å². The van der Waals surface area contributed by atoms with Crippen molar-refractivity contribution < 1.29 is 0 Å². The van der Waals surface area contributed by atoms with Crippen LogP contribution in [-0.4, -0.2) is 31.1 Å². The fraction of sp³-hybridized carbons (Fsp3) is 0.647. The second-order valence-corrected chi connectivity index (χ2v) is 6.04. The van der Waals surface area contributed by atoms with Gasteiger partial charge in [-0.15, -0.1) is 0 Å². The predicted molar refractivity (Wildman–Crippen MR) is 82.6 cm³/mol. The van der Waals surface area contributed by atoms with Crippen LogP contribution in [-0.2, 0) is 0 Å². The van der Waals surface area contributed by atoms with Gasteiger partial charge in [-0.05, 0) is 71.3 Å². The molecule has 0 amide bonds. The van der Waals surface area contributed by atoms with Crippen LogP contribution in [0.15, 0.2) is 18.2 Å². The third-order valence-electron chi connectivity index (χ3n) is 4.62. The number of nitrogens with one attached hydrogen (secondary N) is 1. The minimum absolute atomic E-state index is 0.503. The Morgan fingerprint density at radius 3 is 2.79 bits per heavy atom. The van der Waals surface area contributed by atoms with Gasteiger partial charge in [-0.2, -0.15) is 0 Å². The van der Waals surface area contributed by atoms with Crippen LogP contribution in [0.1, 0.15) is 48.9 Å². The number of hydrogen-bond donors (Lipinski definition) is 1. The van der Waals surface area contributed by atoms with Gasteiger partial charge in [0.2, 0.25) is 0 Å². The second kappa shape index (κ2) is 6.53. The Kier molecular flexibility index (Phi) is 5.00. The maximum absolute atomic E-state index is 3.50. The third-order valence-corrected chi connectivity index (χ3v) is 4.62. The summed E-state index contributed by atoms with van der Waals surface area (Å²) in [5, 5.41) is 3.50. The van der Waals surface area contributed by atoms with Gasteiger partial charge in [0.1, 0.15) is 0 Å². The molecule has 1 fully saturated rings. The van der Waals surface area contributed by atoms with Gasteiger partial charge in [0.15, 0.2) is 0 Å². The molecule has 0 aliphatic carbocycles. The summed E-state index contributed by atoms with van der Waals surface area (Å²) in [7, 11) is 2.29. The summed E-state index contributed by atoms with van der Waals surface area (Å²) in [5.41, 5.74) is 4.26. The van der Waals surface area contributed by atoms with Gasteiger partial charge in [-0.1, -0.05) is 23.8 Å². The monoisotopic (exact) mass is 260 g/mol. The van der Waals surface area contributed by atoms with Gasteiger partial charge < -0.3 is 5.32 Å². The molecule has 0 spiro atoms. The Morgan fingerprint density at radius 2 is 2.00 bits per heavy atom. The van der Waals surface area contributed by atoms with Gasteiger partial charge in [-0.25, -0.2) is 0 Å². The molecule has 1 heterocycles. The molecule has 2 heteroatoms. The molecule has 1 aliphatic heterocycles. The van der Waals surface area contributed by atoms with Crippen LogP contribution in [0.4, 0.5) is 0 Å². The first-order valence-electron chi connectivity index (χ1n) is 7.59. The molecule has 0 aromatic heterocycles. The summed E-state index contributed by atoms with van der Waals surface area (Å²) in [6.07, 6.45) is 3.89. The van der Waals surface area contributed by atoms with Crippen LogP contribution >= 0.6 is 0 Å². The molecule has 1 aromatic carbocycles. The Bertz CT molecular complexity index is 406. The number of rotatable bonds is 3. The van der Waals surface area contributed by atoms with Crippen molar-refractivity contribution in [3.8, 4) is 0 Å². The van der Waals surface area contributed by atoms with Gasteiger partial charge in [-0.3, -0.25) is 4.90 Å². The SMILES string of the molecule is Cc1ccc(C)c(C(C)N(C)C2CCCNCC2)c1. The molecular formula is C17H28N2. The molecule has 1 N–H and O–H groups in total. The predicted octanol–water partition coefficient (Wildman–Crippen LogP) is 3.44. The van der Waals surface area contributed by atoms with Gasteiger partial charge >= 0.3 is 0 Å². The highest BCUT2D eigenvalue weighted by Gasteiger charge is 2.22. The molecular weight excluding hydrogens is 232 g/mol. The summed E-state index contributed by atoms with van der Waals surface area (Å²) in [5.74, 6) is 0. The summed E-state index contributed by atoms with van der Waals surface area (Å²) < 4.78 is 0. The molecule has 2 rings (SSSR count). The molecule has 1 aromatic rings. The van der Waals surface area contributed by atoms with Crippen LogP contribution < -0.4 is 5.32 Å². The zero-order valence-corrected chi connectivity index (χ0v) is 12.9. The molecule has 0 saturated carbocycles. The molecule has 2 unspecified atom stereocenters. The van der Waals surface area contributed by atoms with Crippen molar-refractivity contribution in [2.75, 3.05) is 20.1 Å². The summed E-state index contributed by atoms with van der Waals surface area (Å²) in [4.78, 5) is 2.58. The third kappa shape index (κ3) is 3.58. The minimum atomic E-state index is 0.503. The van der Waals surface area contributed by atoms with Crippen LogP contribution in [0, 0.1) is 13.8 Å². The maximum Gasteiger partial charge on any atom is 0.0322 e. The lowest BCUT2D eigenvalue weighted by Crippen LogP contribution is -2.35. The lowest BCUT2D eigenvalue weighted by molar-refractivity contribution is 0.171. The van der Waals surface area contributed by atoms with Crippen molar-refractivity contribution in [3.63, 3.8) is 0 Å². The van der Waals surface area contributed by atoms with E-state index in [-0.39, 0.29) is 0 Å². The van der Waals surface area contributed by atoms with E-state index in [0.717, 1.165) is 6.54 Å². The van der Waals surface area contributed by atoms with E-state index in [1.54, 1.807) is 0 Å². The average molecular weight is 260 g/mol. The zero-order chi connectivity index (χ0) is 13.8. The second-order valence-electron chi connectivity index (χ2n) is 6.04. The molecule has 2 atom stereocenters. The van der Waals surface area contributed by atoms with Gasteiger partial charge in [0.25, 0.3) is 0 Å². The number of hydrogen-bond acceptors (Lipinski definition) is 2. The van der Waals surface area contributed by atoms with Crippen molar-refractivity contribution in [2.45, 2.75) is 52.1 Å². The Balaban J connectivity index is 2.12. The van der Waals surface area contributed by atoms with E-state index < -0.39 is 0 Å². The largest absolute Gasteiger partial charge is 0.317 e. The molecule has 1 aliphatic rings. The molecule has 106 valence electrons. The highest BCUT2D eigenvalue weighted by Crippen LogP contribution is 2.27. The van der Waals surface area contributed by atoms with E-state index in [0.29, 0.717) is 12.1 Å². The van der Waals surface area contributed by atoms with E-state index in [1.807, 2.05) is 0 Å². The van der Waals surface area contributed by atoms with Crippen molar-refractivity contribution in [1.82, 2.24) is 10.2 Å². The first-order chi connectivity index (χ1) is 9.09. The summed E-state index contributed by atoms with van der Waals surface area (Å²) >= 11 is 0. The lowest BCUT2D eigenvalue weighted by atomic mass is 9.97. The van der Waals surface area contributed by atoms with Crippen molar-refractivity contribution in [3.05, 3.63) is 34.9 Å². The first-order valence-corrected chi connectivity index (χ1v) is 7.59. The number of aryl methyl sites for hydroxylation is 2. The molecule has 1 saturated heterocycles. The Morgan fingerprint density at radius 1 is 1.21 bits per heavy atom. The quantitative estimate of drug-likeness (QED) is 0.895. The fourth-order valence-corrected chi connectivity index (χ4v) is 3.15. The van der Waals surface area contributed by atoms with Crippen LogP contribution in [0.3, 0.4) is 0 Å². The van der Waals surface area contributed by atoms with Crippen LogP contribution in [0.25, 0.3) is 0 Å². The molecule has 0 radical (unpaired) electrons. The Labute approximate surface area is 118 Å². The molecule has 2 nitrogen and oxygen atoms in total. The van der Waals surface area contributed by atoms with Crippen LogP contribution in [0.5, 0.6) is 0 Å². The van der Waals surface area contributed by atoms with Crippen molar-refractivity contribution >= 4 is 0 Å². The van der Waals surface area contributed by atoms with Crippen LogP contribution in [0.2, 0.25) is 0 Å². The first kappa shape index (κ1) is 14.5. The Hall–Kier alpha value is -0.860. The van der Waals surface area contributed by atoms with E-state index in [2.05, 4.69) is 56.2 Å². The lowest BCUT2D eigenvalue weighted by Gasteiger charge is -2.33. The van der Waals surface area contributed by atoms with E-state index >= 15 is 0 Å². The highest BCUT2D eigenvalue weighted by molar-refractivity contribution is 5.32. The van der Waals surface area contributed by atoms with Gasteiger partial charge in [0, 0.05) is 12.1 Å². The smallest absolute Gasteiger partial charge is 0.0322 e. The van der Waals surface area contributed by atoms with Crippen molar-refractivity contribution in [1.29, 1.82) is 0 Å². The van der Waals surface area contributed by atoms with E-state index in [9.17, 15) is 0 Å². The summed E-state index contributed by atoms with van der Waals surface area (Å²) in [6.45, 7) is 9.11. The number of benzene rings is 1. The summed E-state index contributed by atoms with van der Waals surface area (Å²) in [6, 6.07) is 8.03. The van der Waals surface area contributed by atoms with Crippen molar-refractivity contribution in [2.24, 2.45) is 0 Å². The molecule has 19 heavy (non-hydrogen) atoms. The maximum atomic E-state index is 3.50. The highest BCUT2D eigenvalue weighted by atomic mass is 15.2. The number of nitrogens with zero attached hydrogens (tertiary/aromatic N) is 1. The fourth-order valence-electron chi connectivity index (χ4n) is 3.15. The van der Waals surface area contributed by atoms with E-state index in [1.165, 1.54) is 42.5 Å². The van der Waals surface area contributed by atoms with Gasteiger partial charge in [0.05, 0.1) is 0 Å². The normalized spacial score (nSPS) is 22.3. The van der Waals surface area contributed by atoms with E-state index in [4.69, 9.17) is 0 Å². The zero-order valence-electron chi connectivity index (χ0n) is 12.9. The molecule has 0 bridgehead atoms. The standard InChI is InChI=1S/C17H28N2/c1-13-7-8-14(2)17(12-13)15(3)19(4)16-6-5-10-18-11-9-16/h7-8,12,15-16,18H,5-6,9-11H2,1-4H3. The minimum Gasteiger partial charge on any atom is -0.317 e. The average Bonchev–Trinajstić information content (AvgIpc) is 2.69.